The molecule has 186 valence electrons. The van der Waals surface area contributed by atoms with Crippen LogP contribution in [0.1, 0.15) is 28.5 Å². The topological polar surface area (TPSA) is 93.3 Å². The number of carbonyl (C=O) groups excluding carboxylic acids is 2. The van der Waals surface area contributed by atoms with Gasteiger partial charge in [-0.05, 0) is 47.9 Å². The van der Waals surface area contributed by atoms with Crippen LogP contribution in [0.15, 0.2) is 102 Å². The molecular formula is C29H27N5O3. The van der Waals surface area contributed by atoms with E-state index in [1.807, 2.05) is 85.8 Å². The van der Waals surface area contributed by atoms with Crippen molar-refractivity contribution in [1.29, 1.82) is 0 Å². The zero-order valence-electron chi connectivity index (χ0n) is 20.4. The standard InChI is InChI=1S/C29H27N5O3/c1-21-10-5-6-14-24(21)28(29(36)30-18-22-11-3-2-4-12-22)33(19-23-13-9-17-37-23)27(35)20-34-26-16-8-7-15-25(26)31-32-34/h2-17,28H,18-20H2,1H3,(H,30,36)/t28-/m1/s1. The van der Waals surface area contributed by atoms with Crippen molar-refractivity contribution < 1.29 is 14.0 Å². The first kappa shape index (κ1) is 24.0. The van der Waals surface area contributed by atoms with Gasteiger partial charge in [-0.25, -0.2) is 4.68 Å². The molecule has 3 aromatic carbocycles. The van der Waals surface area contributed by atoms with Crippen LogP contribution in [-0.2, 0) is 29.2 Å². The van der Waals surface area contributed by atoms with E-state index in [1.54, 1.807) is 28.0 Å². The third-order valence-electron chi connectivity index (χ3n) is 6.28. The number of hydrogen-bond donors (Lipinski definition) is 1. The number of aromatic nitrogens is 3. The Morgan fingerprint density at radius 1 is 0.946 bits per heavy atom. The van der Waals surface area contributed by atoms with Crippen LogP contribution in [0.2, 0.25) is 0 Å². The maximum atomic E-state index is 13.9. The summed E-state index contributed by atoms with van der Waals surface area (Å²) in [6.45, 7) is 2.33. The lowest BCUT2D eigenvalue weighted by Gasteiger charge is -2.31. The Kier molecular flexibility index (Phi) is 7.07. The largest absolute Gasteiger partial charge is 0.467 e. The Morgan fingerprint density at radius 3 is 2.49 bits per heavy atom. The SMILES string of the molecule is Cc1ccccc1[C@H](C(=O)NCc1ccccc1)N(Cc1ccco1)C(=O)Cn1nnc2ccccc21. The van der Waals surface area contributed by atoms with Crippen LogP contribution in [0.25, 0.3) is 11.0 Å². The first-order valence-electron chi connectivity index (χ1n) is 12.1. The maximum Gasteiger partial charge on any atom is 0.247 e. The summed E-state index contributed by atoms with van der Waals surface area (Å²) in [7, 11) is 0. The molecule has 0 radical (unpaired) electrons. The van der Waals surface area contributed by atoms with E-state index in [-0.39, 0.29) is 24.9 Å². The predicted molar refractivity (Wildman–Crippen MR) is 139 cm³/mol. The van der Waals surface area contributed by atoms with Gasteiger partial charge in [0.05, 0.1) is 18.3 Å². The molecule has 0 unspecified atom stereocenters. The molecule has 5 rings (SSSR count). The lowest BCUT2D eigenvalue weighted by Crippen LogP contribution is -2.44. The quantitative estimate of drug-likeness (QED) is 0.328. The number of furan rings is 1. The average Bonchev–Trinajstić information content (AvgIpc) is 3.59. The van der Waals surface area contributed by atoms with Gasteiger partial charge in [0.1, 0.15) is 23.9 Å². The molecule has 0 fully saturated rings. The molecule has 1 atom stereocenters. The molecule has 1 N–H and O–H groups in total. The number of amides is 2. The van der Waals surface area contributed by atoms with Gasteiger partial charge in [0.25, 0.3) is 0 Å². The van der Waals surface area contributed by atoms with Crippen LogP contribution in [0.3, 0.4) is 0 Å². The second-order valence-corrected chi connectivity index (χ2v) is 8.80. The summed E-state index contributed by atoms with van der Waals surface area (Å²) in [6, 6.07) is 27.4. The summed E-state index contributed by atoms with van der Waals surface area (Å²) >= 11 is 0. The van der Waals surface area contributed by atoms with Crippen molar-refractivity contribution >= 4 is 22.8 Å². The molecule has 0 saturated heterocycles. The average molecular weight is 494 g/mol. The van der Waals surface area contributed by atoms with Crippen molar-refractivity contribution in [3.63, 3.8) is 0 Å². The number of fused-ring (bicyclic) bond motifs is 1. The fourth-order valence-electron chi connectivity index (χ4n) is 4.37. The first-order valence-corrected chi connectivity index (χ1v) is 12.1. The second-order valence-electron chi connectivity index (χ2n) is 8.80. The van der Waals surface area contributed by atoms with Gasteiger partial charge in [0, 0.05) is 6.54 Å². The summed E-state index contributed by atoms with van der Waals surface area (Å²) < 4.78 is 7.14. The van der Waals surface area contributed by atoms with E-state index in [2.05, 4.69) is 15.6 Å². The van der Waals surface area contributed by atoms with Crippen LogP contribution < -0.4 is 5.32 Å². The van der Waals surface area contributed by atoms with Crippen LogP contribution in [-0.4, -0.2) is 31.7 Å². The minimum Gasteiger partial charge on any atom is -0.467 e. The van der Waals surface area contributed by atoms with E-state index in [0.717, 1.165) is 22.2 Å². The van der Waals surface area contributed by atoms with Crippen LogP contribution in [0.5, 0.6) is 0 Å². The highest BCUT2D eigenvalue weighted by atomic mass is 16.3. The number of benzene rings is 3. The molecule has 2 heterocycles. The number of rotatable bonds is 9. The number of carbonyl (C=O) groups is 2. The number of para-hydroxylation sites is 1. The molecule has 2 amide bonds. The van der Waals surface area contributed by atoms with Gasteiger partial charge < -0.3 is 14.6 Å². The van der Waals surface area contributed by atoms with Crippen LogP contribution >= 0.6 is 0 Å². The van der Waals surface area contributed by atoms with Crippen LogP contribution in [0, 0.1) is 6.92 Å². The normalized spacial score (nSPS) is 11.8. The van der Waals surface area contributed by atoms with E-state index in [9.17, 15) is 9.59 Å². The molecule has 2 aromatic heterocycles. The lowest BCUT2D eigenvalue weighted by molar-refractivity contribution is -0.142. The van der Waals surface area contributed by atoms with E-state index in [0.29, 0.717) is 17.8 Å². The molecule has 0 saturated carbocycles. The van der Waals surface area contributed by atoms with Gasteiger partial charge in [-0.1, -0.05) is 71.9 Å². The van der Waals surface area contributed by atoms with Gasteiger partial charge >= 0.3 is 0 Å². The van der Waals surface area contributed by atoms with Gasteiger partial charge in [-0.3, -0.25) is 9.59 Å². The van der Waals surface area contributed by atoms with Crippen molar-refractivity contribution in [2.24, 2.45) is 0 Å². The second kappa shape index (κ2) is 10.9. The molecule has 37 heavy (non-hydrogen) atoms. The summed E-state index contributed by atoms with van der Waals surface area (Å²) in [5, 5.41) is 11.4. The number of hydrogen-bond acceptors (Lipinski definition) is 5. The molecule has 0 aliphatic carbocycles. The Labute approximate surface area is 214 Å². The van der Waals surface area contributed by atoms with E-state index >= 15 is 0 Å². The Balaban J connectivity index is 1.50. The van der Waals surface area contributed by atoms with E-state index in [1.165, 1.54) is 0 Å². The van der Waals surface area contributed by atoms with Crippen molar-refractivity contribution in [2.45, 2.75) is 32.6 Å². The zero-order valence-corrected chi connectivity index (χ0v) is 20.4. The highest BCUT2D eigenvalue weighted by molar-refractivity contribution is 5.89. The molecule has 8 nitrogen and oxygen atoms in total. The van der Waals surface area contributed by atoms with E-state index < -0.39 is 6.04 Å². The third kappa shape index (κ3) is 5.43. The van der Waals surface area contributed by atoms with Gasteiger partial charge in [0.2, 0.25) is 11.8 Å². The fraction of sp³-hybridized carbons (Fsp3) is 0.172. The predicted octanol–water partition coefficient (Wildman–Crippen LogP) is 4.42. The number of nitrogens with zero attached hydrogens (tertiary/aromatic N) is 4. The molecule has 8 heteroatoms. The molecular weight excluding hydrogens is 466 g/mol. The number of nitrogens with one attached hydrogen (secondary N) is 1. The molecule has 0 bridgehead atoms. The zero-order chi connectivity index (χ0) is 25.6. The highest BCUT2D eigenvalue weighted by Gasteiger charge is 2.33. The molecule has 0 spiro atoms. The van der Waals surface area contributed by atoms with E-state index in [4.69, 9.17) is 4.42 Å². The highest BCUT2D eigenvalue weighted by Crippen LogP contribution is 2.27. The Bertz CT molecular complexity index is 1490. The van der Waals surface area contributed by atoms with Crippen LogP contribution in [0.4, 0.5) is 0 Å². The molecule has 0 aliphatic rings. The van der Waals surface area contributed by atoms with Crippen molar-refractivity contribution in [3.05, 3.63) is 120 Å². The Morgan fingerprint density at radius 2 is 1.70 bits per heavy atom. The molecule has 0 aliphatic heterocycles. The number of aryl methyl sites for hydroxylation is 1. The van der Waals surface area contributed by atoms with Crippen molar-refractivity contribution in [2.75, 3.05) is 0 Å². The minimum absolute atomic E-state index is 0.0738. The first-order chi connectivity index (χ1) is 18.1. The summed E-state index contributed by atoms with van der Waals surface area (Å²) in [6.07, 6.45) is 1.56. The van der Waals surface area contributed by atoms with Gasteiger partial charge in [0.15, 0.2) is 0 Å². The minimum atomic E-state index is -0.878. The summed E-state index contributed by atoms with van der Waals surface area (Å²) in [5.41, 5.74) is 4.07. The third-order valence-corrected chi connectivity index (χ3v) is 6.28. The van der Waals surface area contributed by atoms with Gasteiger partial charge in [-0.2, -0.15) is 0 Å². The van der Waals surface area contributed by atoms with Gasteiger partial charge in [-0.15, -0.1) is 5.10 Å². The monoisotopic (exact) mass is 493 g/mol. The summed E-state index contributed by atoms with van der Waals surface area (Å²) in [4.78, 5) is 29.2. The summed E-state index contributed by atoms with van der Waals surface area (Å²) in [5.74, 6) is 0.0166. The fourth-order valence-corrected chi connectivity index (χ4v) is 4.37. The van der Waals surface area contributed by atoms with Crippen molar-refractivity contribution in [1.82, 2.24) is 25.2 Å². The molecule has 5 aromatic rings. The Hall–Kier alpha value is -4.72. The maximum absolute atomic E-state index is 13.9. The smallest absolute Gasteiger partial charge is 0.247 e. The van der Waals surface area contributed by atoms with Crippen molar-refractivity contribution in [3.8, 4) is 0 Å². The lowest BCUT2D eigenvalue weighted by atomic mass is 9.98.